The topological polar surface area (TPSA) is 66.5 Å². The normalized spacial score (nSPS) is 12.8. The molecule has 2 aromatic carbocycles. The van der Waals surface area contributed by atoms with Crippen LogP contribution in [-0.4, -0.2) is 37.7 Å². The Morgan fingerprint density at radius 2 is 1.72 bits per heavy atom. The second-order valence-electron chi connectivity index (χ2n) is 5.51. The molecule has 0 fully saturated rings. The van der Waals surface area contributed by atoms with E-state index in [0.717, 1.165) is 21.2 Å². The minimum atomic E-state index is -3.54. The molecular formula is C18H22N2O3S2. The van der Waals surface area contributed by atoms with Gasteiger partial charge >= 0.3 is 0 Å². The number of benzene rings is 2. The van der Waals surface area contributed by atoms with Crippen molar-refractivity contribution in [2.75, 3.05) is 24.4 Å². The van der Waals surface area contributed by atoms with Gasteiger partial charge in [-0.25, -0.2) is 8.42 Å². The highest BCUT2D eigenvalue weighted by Crippen LogP contribution is 2.29. The van der Waals surface area contributed by atoms with Gasteiger partial charge in [0, 0.05) is 11.9 Å². The van der Waals surface area contributed by atoms with E-state index in [2.05, 4.69) is 5.32 Å². The second-order valence-corrected chi connectivity index (χ2v) is 8.86. The molecule has 1 N–H and O–H groups in total. The monoisotopic (exact) mass is 378 g/mol. The molecule has 0 spiro atoms. The molecule has 1 atom stereocenters. The van der Waals surface area contributed by atoms with Crippen molar-refractivity contribution in [2.24, 2.45) is 0 Å². The fourth-order valence-electron chi connectivity index (χ4n) is 2.41. The molecule has 1 amide bonds. The van der Waals surface area contributed by atoms with Crippen molar-refractivity contribution >= 4 is 33.4 Å². The van der Waals surface area contributed by atoms with Gasteiger partial charge in [-0.2, -0.15) is 4.31 Å². The first-order valence-electron chi connectivity index (χ1n) is 7.85. The quantitative estimate of drug-likeness (QED) is 0.750. The lowest BCUT2D eigenvalue weighted by molar-refractivity contribution is -0.119. The highest BCUT2D eigenvalue weighted by molar-refractivity contribution is 7.99. The van der Waals surface area contributed by atoms with Crippen molar-refractivity contribution in [3.8, 4) is 0 Å². The van der Waals surface area contributed by atoms with Gasteiger partial charge < -0.3 is 5.32 Å². The molecule has 5 nitrogen and oxygen atoms in total. The van der Waals surface area contributed by atoms with E-state index in [9.17, 15) is 13.2 Å². The number of anilines is 1. The van der Waals surface area contributed by atoms with Crippen LogP contribution in [0.5, 0.6) is 0 Å². The summed E-state index contributed by atoms with van der Waals surface area (Å²) in [6.45, 7) is 2.04. The Hall–Kier alpha value is -1.83. The van der Waals surface area contributed by atoms with Crippen LogP contribution in [0.3, 0.4) is 0 Å². The molecule has 0 heterocycles. The molecule has 0 aliphatic carbocycles. The molecule has 0 saturated carbocycles. The van der Waals surface area contributed by atoms with Crippen molar-refractivity contribution in [3.63, 3.8) is 0 Å². The van der Waals surface area contributed by atoms with Gasteiger partial charge in [0.1, 0.15) is 6.04 Å². The molecule has 0 aliphatic rings. The molecule has 134 valence electrons. The SMILES string of the molecule is CCSc1ccccc1NC(=O)C(c1ccccc1)N(C)S(C)(=O)=O. The van der Waals surface area contributed by atoms with Crippen LogP contribution in [0, 0.1) is 0 Å². The van der Waals surface area contributed by atoms with E-state index in [1.165, 1.54) is 7.05 Å². The molecule has 0 aromatic heterocycles. The highest BCUT2D eigenvalue weighted by atomic mass is 32.2. The van der Waals surface area contributed by atoms with Gasteiger partial charge in [-0.05, 0) is 23.4 Å². The third-order valence-electron chi connectivity index (χ3n) is 3.70. The number of nitrogens with one attached hydrogen (secondary N) is 1. The van der Waals surface area contributed by atoms with Gasteiger partial charge in [0.15, 0.2) is 0 Å². The number of hydrogen-bond donors (Lipinski definition) is 1. The van der Waals surface area contributed by atoms with Crippen LogP contribution < -0.4 is 5.32 Å². The standard InChI is InChI=1S/C18H22N2O3S2/c1-4-24-16-13-9-8-12-15(16)19-18(21)17(20(2)25(3,22)23)14-10-6-5-7-11-14/h5-13,17H,4H2,1-3H3,(H,19,21). The van der Waals surface area contributed by atoms with Gasteiger partial charge in [-0.3, -0.25) is 4.79 Å². The first-order valence-corrected chi connectivity index (χ1v) is 10.7. The zero-order valence-corrected chi connectivity index (χ0v) is 16.1. The number of rotatable bonds is 7. The number of thioether (sulfide) groups is 1. The molecule has 25 heavy (non-hydrogen) atoms. The van der Waals surface area contributed by atoms with Crippen molar-refractivity contribution in [1.82, 2.24) is 4.31 Å². The summed E-state index contributed by atoms with van der Waals surface area (Å²) in [6, 6.07) is 15.5. The van der Waals surface area contributed by atoms with Crippen LogP contribution in [0.25, 0.3) is 0 Å². The average Bonchev–Trinajstić information content (AvgIpc) is 2.57. The zero-order chi connectivity index (χ0) is 18.4. The second kappa shape index (κ2) is 8.51. The fraction of sp³-hybridized carbons (Fsp3) is 0.278. The summed E-state index contributed by atoms with van der Waals surface area (Å²) in [7, 11) is -2.12. The molecule has 1 unspecified atom stereocenters. The van der Waals surface area contributed by atoms with Crippen LogP contribution in [0.2, 0.25) is 0 Å². The number of carbonyl (C=O) groups excluding carboxylic acids is 1. The Balaban J connectivity index is 2.37. The van der Waals surface area contributed by atoms with Crippen molar-refractivity contribution in [2.45, 2.75) is 17.9 Å². The molecule has 0 saturated heterocycles. The Morgan fingerprint density at radius 1 is 1.12 bits per heavy atom. The minimum Gasteiger partial charge on any atom is -0.323 e. The Bertz CT molecular complexity index is 823. The van der Waals surface area contributed by atoms with Crippen molar-refractivity contribution in [3.05, 3.63) is 60.2 Å². The largest absolute Gasteiger partial charge is 0.323 e. The minimum absolute atomic E-state index is 0.386. The Labute approximate surface area is 153 Å². The van der Waals surface area contributed by atoms with Crippen molar-refractivity contribution < 1.29 is 13.2 Å². The van der Waals surface area contributed by atoms with E-state index in [1.54, 1.807) is 36.0 Å². The highest BCUT2D eigenvalue weighted by Gasteiger charge is 2.31. The van der Waals surface area contributed by atoms with Gasteiger partial charge in [0.25, 0.3) is 0 Å². The summed E-state index contributed by atoms with van der Waals surface area (Å²) >= 11 is 1.62. The summed E-state index contributed by atoms with van der Waals surface area (Å²) < 4.78 is 25.1. The summed E-state index contributed by atoms with van der Waals surface area (Å²) in [5.74, 6) is 0.487. The van der Waals surface area contributed by atoms with E-state index >= 15 is 0 Å². The average molecular weight is 379 g/mol. The predicted octanol–water partition coefficient (Wildman–Crippen LogP) is 3.37. The van der Waals surface area contributed by atoms with Crippen LogP contribution in [-0.2, 0) is 14.8 Å². The van der Waals surface area contributed by atoms with Gasteiger partial charge in [0.05, 0.1) is 11.9 Å². The zero-order valence-electron chi connectivity index (χ0n) is 14.5. The molecule has 0 aliphatic heterocycles. The summed E-state index contributed by atoms with van der Waals surface area (Å²) in [5, 5.41) is 2.88. The first kappa shape index (κ1) is 19.5. The molecule has 0 radical (unpaired) electrons. The smallest absolute Gasteiger partial charge is 0.247 e. The molecule has 0 bridgehead atoms. The van der Waals surface area contributed by atoms with Crippen LogP contribution in [0.1, 0.15) is 18.5 Å². The van der Waals surface area contributed by atoms with Gasteiger partial charge in [0.2, 0.25) is 15.9 Å². The van der Waals surface area contributed by atoms with E-state index in [4.69, 9.17) is 0 Å². The summed E-state index contributed by atoms with van der Waals surface area (Å²) in [4.78, 5) is 13.9. The van der Waals surface area contributed by atoms with E-state index < -0.39 is 16.1 Å². The number of nitrogens with zero attached hydrogens (tertiary/aromatic N) is 1. The number of amides is 1. The summed E-state index contributed by atoms with van der Waals surface area (Å²) in [5.41, 5.74) is 1.30. The number of sulfonamides is 1. The van der Waals surface area contributed by atoms with E-state index in [1.807, 2.05) is 37.3 Å². The number of para-hydroxylation sites is 1. The maximum Gasteiger partial charge on any atom is 0.247 e. The van der Waals surface area contributed by atoms with Crippen LogP contribution in [0.4, 0.5) is 5.69 Å². The third kappa shape index (κ3) is 5.07. The maximum absolute atomic E-state index is 12.9. The first-order chi connectivity index (χ1) is 11.8. The molecule has 2 rings (SSSR count). The van der Waals surface area contributed by atoms with Gasteiger partial charge in [-0.15, -0.1) is 11.8 Å². The third-order valence-corrected chi connectivity index (χ3v) is 5.91. The van der Waals surface area contributed by atoms with Crippen molar-refractivity contribution in [1.29, 1.82) is 0 Å². The Morgan fingerprint density at radius 3 is 2.32 bits per heavy atom. The van der Waals surface area contributed by atoms with Crippen LogP contribution in [0.15, 0.2) is 59.5 Å². The maximum atomic E-state index is 12.9. The van der Waals surface area contributed by atoms with Crippen LogP contribution >= 0.6 is 11.8 Å². The molecular weight excluding hydrogens is 356 g/mol. The number of carbonyl (C=O) groups is 1. The lowest BCUT2D eigenvalue weighted by Gasteiger charge is -2.26. The fourth-order valence-corrected chi connectivity index (χ4v) is 3.77. The lowest BCUT2D eigenvalue weighted by Crippen LogP contribution is -2.38. The molecule has 2 aromatic rings. The summed E-state index contributed by atoms with van der Waals surface area (Å²) in [6.07, 6.45) is 1.09. The van der Waals surface area contributed by atoms with Gasteiger partial charge in [-0.1, -0.05) is 49.4 Å². The predicted molar refractivity (Wildman–Crippen MR) is 103 cm³/mol. The lowest BCUT2D eigenvalue weighted by atomic mass is 10.1. The number of likely N-dealkylation sites (N-methyl/N-ethyl adjacent to an activating group) is 1. The Kier molecular flexibility index (Phi) is 6.64. The van der Waals surface area contributed by atoms with E-state index in [0.29, 0.717) is 11.3 Å². The molecule has 7 heteroatoms. The number of hydrogen-bond acceptors (Lipinski definition) is 4. The van der Waals surface area contributed by atoms with E-state index in [-0.39, 0.29) is 5.91 Å².